The number of fused-ring (bicyclic) bond motifs is 1. The summed E-state index contributed by atoms with van der Waals surface area (Å²) in [5, 5.41) is 5.70. The molecule has 0 spiro atoms. The van der Waals surface area contributed by atoms with Crippen molar-refractivity contribution in [2.45, 2.75) is 39.2 Å². The molecule has 1 aliphatic rings. The van der Waals surface area contributed by atoms with Crippen molar-refractivity contribution < 1.29 is 0 Å². The van der Waals surface area contributed by atoms with Crippen LogP contribution in [0.25, 0.3) is 4.96 Å². The second-order valence-corrected chi connectivity index (χ2v) is 6.54. The number of nitrogens with one attached hydrogen (secondary N) is 1. The Morgan fingerprint density at radius 2 is 2.28 bits per heavy atom. The highest BCUT2D eigenvalue weighted by Gasteiger charge is 2.22. The van der Waals surface area contributed by atoms with Crippen molar-refractivity contribution in [2.24, 2.45) is 11.8 Å². The van der Waals surface area contributed by atoms with Crippen LogP contribution in [0, 0.1) is 11.8 Å². The highest BCUT2D eigenvalue weighted by Crippen LogP contribution is 2.22. The van der Waals surface area contributed by atoms with Gasteiger partial charge in [-0.3, -0.25) is 4.40 Å². The molecule has 0 bridgehead atoms. The second kappa shape index (κ2) is 5.02. The summed E-state index contributed by atoms with van der Waals surface area (Å²) in [6.07, 6.45) is 8.08. The molecule has 3 nitrogen and oxygen atoms in total. The third-order valence-electron chi connectivity index (χ3n) is 3.95. The molecule has 0 aromatic carbocycles. The van der Waals surface area contributed by atoms with E-state index >= 15 is 0 Å². The number of nitrogens with zero attached hydrogens (tertiary/aromatic N) is 2. The topological polar surface area (TPSA) is 29.3 Å². The molecule has 0 aliphatic heterocycles. The molecule has 4 heteroatoms. The number of thiazole rings is 1. The Morgan fingerprint density at radius 3 is 3.00 bits per heavy atom. The predicted molar refractivity (Wildman–Crippen MR) is 76.1 cm³/mol. The van der Waals surface area contributed by atoms with Gasteiger partial charge in [0.05, 0.1) is 5.69 Å². The Morgan fingerprint density at radius 1 is 1.44 bits per heavy atom. The Balaban J connectivity index is 1.55. The first-order valence-corrected chi connectivity index (χ1v) is 7.75. The zero-order valence-corrected chi connectivity index (χ0v) is 11.9. The fraction of sp³-hybridized carbons (Fsp3) is 0.643. The smallest absolute Gasteiger partial charge is 0.193 e. The Hall–Kier alpha value is -0.870. The lowest BCUT2D eigenvalue weighted by molar-refractivity contribution is 0.362. The van der Waals surface area contributed by atoms with Gasteiger partial charge in [-0.2, -0.15) is 0 Å². The van der Waals surface area contributed by atoms with Crippen LogP contribution in [-0.4, -0.2) is 22.0 Å². The van der Waals surface area contributed by atoms with Gasteiger partial charge in [-0.05, 0) is 37.6 Å². The molecule has 98 valence electrons. The zero-order chi connectivity index (χ0) is 12.5. The lowest BCUT2D eigenvalue weighted by atomic mass is 9.91. The maximum Gasteiger partial charge on any atom is 0.193 e. The Kier molecular flexibility index (Phi) is 3.39. The second-order valence-electron chi connectivity index (χ2n) is 5.67. The molecule has 2 atom stereocenters. The van der Waals surface area contributed by atoms with Crippen molar-refractivity contribution in [3.05, 3.63) is 23.5 Å². The highest BCUT2D eigenvalue weighted by atomic mass is 32.1. The van der Waals surface area contributed by atoms with Gasteiger partial charge in [0.25, 0.3) is 0 Å². The summed E-state index contributed by atoms with van der Waals surface area (Å²) in [5.74, 6) is 1.39. The van der Waals surface area contributed by atoms with E-state index in [9.17, 15) is 0 Å². The molecule has 1 N–H and O–H groups in total. The van der Waals surface area contributed by atoms with E-state index in [0.717, 1.165) is 24.0 Å². The molecule has 2 aromatic rings. The molecule has 2 heterocycles. The molecule has 0 radical (unpaired) electrons. The quantitative estimate of drug-likeness (QED) is 0.868. The van der Waals surface area contributed by atoms with Gasteiger partial charge >= 0.3 is 0 Å². The van der Waals surface area contributed by atoms with Crippen LogP contribution in [0.3, 0.4) is 0 Å². The van der Waals surface area contributed by atoms with Crippen LogP contribution >= 0.6 is 11.3 Å². The summed E-state index contributed by atoms with van der Waals surface area (Å²) in [7, 11) is 0. The van der Waals surface area contributed by atoms with Crippen LogP contribution in [0.5, 0.6) is 0 Å². The van der Waals surface area contributed by atoms with Crippen LogP contribution < -0.4 is 5.32 Å². The molecule has 18 heavy (non-hydrogen) atoms. The van der Waals surface area contributed by atoms with Gasteiger partial charge in [0.15, 0.2) is 4.96 Å². The predicted octanol–water partition coefficient (Wildman–Crippen LogP) is 2.96. The number of aromatic nitrogens is 2. The normalized spacial score (nSPS) is 19.2. The Bertz CT molecular complexity index is 483. The highest BCUT2D eigenvalue weighted by molar-refractivity contribution is 7.15. The summed E-state index contributed by atoms with van der Waals surface area (Å²) < 4.78 is 2.12. The van der Waals surface area contributed by atoms with Crippen molar-refractivity contribution in [3.63, 3.8) is 0 Å². The minimum absolute atomic E-state index is 0.681. The summed E-state index contributed by atoms with van der Waals surface area (Å²) in [4.78, 5) is 5.78. The number of imidazole rings is 1. The molecule has 1 saturated carbocycles. The maximum absolute atomic E-state index is 4.66. The number of rotatable bonds is 6. The Labute approximate surface area is 112 Å². The SMILES string of the molecule is CC(CNC1CC1)C(C)Cc1cn2ccsc2n1. The van der Waals surface area contributed by atoms with E-state index in [0.29, 0.717) is 11.8 Å². The third kappa shape index (κ3) is 2.75. The van der Waals surface area contributed by atoms with E-state index < -0.39 is 0 Å². The first-order valence-electron chi connectivity index (χ1n) is 6.87. The molecule has 1 aliphatic carbocycles. The van der Waals surface area contributed by atoms with Crippen LogP contribution in [0.15, 0.2) is 17.8 Å². The summed E-state index contributed by atoms with van der Waals surface area (Å²) in [6.45, 7) is 5.83. The van der Waals surface area contributed by atoms with Gasteiger partial charge in [0.2, 0.25) is 0 Å². The van der Waals surface area contributed by atoms with Gasteiger partial charge in [0, 0.05) is 23.8 Å². The van der Waals surface area contributed by atoms with E-state index in [-0.39, 0.29) is 0 Å². The maximum atomic E-state index is 4.66. The lowest BCUT2D eigenvalue weighted by Crippen LogP contribution is -2.27. The van der Waals surface area contributed by atoms with E-state index in [4.69, 9.17) is 0 Å². The molecule has 0 saturated heterocycles. The minimum atomic E-state index is 0.681. The van der Waals surface area contributed by atoms with E-state index in [1.807, 2.05) is 0 Å². The molecule has 1 fully saturated rings. The van der Waals surface area contributed by atoms with Crippen LogP contribution in [0.2, 0.25) is 0 Å². The van der Waals surface area contributed by atoms with Crippen molar-refractivity contribution in [1.82, 2.24) is 14.7 Å². The molecule has 2 aromatic heterocycles. The fourth-order valence-corrected chi connectivity index (χ4v) is 2.97. The molecule has 0 amide bonds. The van der Waals surface area contributed by atoms with Gasteiger partial charge < -0.3 is 5.32 Å². The first-order chi connectivity index (χ1) is 8.72. The summed E-state index contributed by atoms with van der Waals surface area (Å²) in [6, 6.07) is 0.817. The average molecular weight is 263 g/mol. The van der Waals surface area contributed by atoms with E-state index in [2.05, 4.69) is 46.3 Å². The average Bonchev–Trinajstić information content (AvgIpc) is 2.95. The van der Waals surface area contributed by atoms with Crippen LogP contribution in [0.4, 0.5) is 0 Å². The van der Waals surface area contributed by atoms with Gasteiger partial charge in [-0.25, -0.2) is 4.98 Å². The summed E-state index contributed by atoms with van der Waals surface area (Å²) in [5.41, 5.74) is 1.23. The lowest BCUT2D eigenvalue weighted by Gasteiger charge is -2.19. The van der Waals surface area contributed by atoms with Crippen LogP contribution in [0.1, 0.15) is 32.4 Å². The van der Waals surface area contributed by atoms with Gasteiger partial charge in [-0.1, -0.05) is 13.8 Å². The standard InChI is InChI=1S/C14H21N3S/c1-10(11(2)8-15-12-3-4-12)7-13-9-17-5-6-18-14(17)16-13/h5-6,9-12,15H,3-4,7-8H2,1-2H3. The third-order valence-corrected chi connectivity index (χ3v) is 4.72. The molecular formula is C14H21N3S. The van der Waals surface area contributed by atoms with Crippen molar-refractivity contribution in [3.8, 4) is 0 Å². The largest absolute Gasteiger partial charge is 0.314 e. The van der Waals surface area contributed by atoms with E-state index in [1.54, 1.807) is 11.3 Å². The number of hydrogen-bond acceptors (Lipinski definition) is 3. The zero-order valence-electron chi connectivity index (χ0n) is 11.1. The molecule has 3 rings (SSSR count). The van der Waals surface area contributed by atoms with Crippen molar-refractivity contribution >= 4 is 16.3 Å². The molecule has 2 unspecified atom stereocenters. The van der Waals surface area contributed by atoms with E-state index in [1.165, 1.54) is 18.5 Å². The van der Waals surface area contributed by atoms with Crippen LogP contribution in [-0.2, 0) is 6.42 Å². The minimum Gasteiger partial charge on any atom is -0.314 e. The first kappa shape index (κ1) is 12.2. The molecular weight excluding hydrogens is 242 g/mol. The monoisotopic (exact) mass is 263 g/mol. The summed E-state index contributed by atoms with van der Waals surface area (Å²) >= 11 is 1.71. The van der Waals surface area contributed by atoms with Crippen molar-refractivity contribution in [1.29, 1.82) is 0 Å². The van der Waals surface area contributed by atoms with Gasteiger partial charge in [0.1, 0.15) is 0 Å². The van der Waals surface area contributed by atoms with Gasteiger partial charge in [-0.15, -0.1) is 11.3 Å². The fourth-order valence-electron chi connectivity index (χ4n) is 2.25. The van der Waals surface area contributed by atoms with Crippen molar-refractivity contribution in [2.75, 3.05) is 6.54 Å². The number of hydrogen-bond donors (Lipinski definition) is 1.